The monoisotopic (exact) mass is 393 g/mol. The molecule has 150 valence electrons. The summed E-state index contributed by atoms with van der Waals surface area (Å²) >= 11 is 0. The molecule has 1 aromatic rings. The van der Waals surface area contributed by atoms with E-state index in [1.165, 1.54) is 6.92 Å². The molecule has 0 saturated heterocycles. The predicted molar refractivity (Wildman–Crippen MR) is 107 cm³/mol. The summed E-state index contributed by atoms with van der Waals surface area (Å²) in [6.45, 7) is 12.8. The Bertz CT molecular complexity index is 681. The van der Waals surface area contributed by atoms with Gasteiger partial charge in [0, 0.05) is 12.5 Å². The number of hydrogen-bond donors (Lipinski definition) is 1. The van der Waals surface area contributed by atoms with Crippen LogP contribution >= 0.6 is 0 Å². The topological polar surface area (TPSA) is 83.9 Å². The second-order valence-electron chi connectivity index (χ2n) is 8.30. The fourth-order valence-corrected chi connectivity index (χ4v) is 3.98. The van der Waals surface area contributed by atoms with Crippen LogP contribution in [0.25, 0.3) is 0 Å². The van der Waals surface area contributed by atoms with E-state index < -0.39 is 32.3 Å². The first kappa shape index (κ1) is 23.0. The van der Waals surface area contributed by atoms with Crippen LogP contribution in [0.5, 0.6) is 0 Å². The molecule has 0 radical (unpaired) electrons. The minimum atomic E-state index is -2.25. The third-order valence-electron chi connectivity index (χ3n) is 5.13. The first-order chi connectivity index (χ1) is 12.3. The molecule has 0 fully saturated rings. The van der Waals surface area contributed by atoms with E-state index >= 15 is 0 Å². The second-order valence-corrected chi connectivity index (χ2v) is 13.1. The summed E-state index contributed by atoms with van der Waals surface area (Å²) in [7, 11) is -2.25. The summed E-state index contributed by atoms with van der Waals surface area (Å²) in [6.07, 6.45) is -0.740. The van der Waals surface area contributed by atoms with E-state index in [4.69, 9.17) is 4.43 Å². The van der Waals surface area contributed by atoms with Crippen LogP contribution in [0.1, 0.15) is 45.0 Å². The van der Waals surface area contributed by atoms with Gasteiger partial charge in [0.05, 0.1) is 12.6 Å². The first-order valence-corrected chi connectivity index (χ1v) is 11.9. The number of carbonyl (C=O) groups excluding carboxylic acids is 2. The zero-order valence-electron chi connectivity index (χ0n) is 17.3. The number of amides is 1. The highest BCUT2D eigenvalue weighted by Crippen LogP contribution is 2.37. The van der Waals surface area contributed by atoms with E-state index in [1.807, 2.05) is 13.1 Å². The van der Waals surface area contributed by atoms with E-state index in [1.54, 1.807) is 37.3 Å². The summed E-state index contributed by atoms with van der Waals surface area (Å²) in [6, 6.07) is 7.29. The lowest BCUT2D eigenvalue weighted by Crippen LogP contribution is -2.56. The summed E-state index contributed by atoms with van der Waals surface area (Å²) in [5.41, 5.74) is 0.436. The van der Waals surface area contributed by atoms with Crippen molar-refractivity contribution >= 4 is 26.0 Å². The van der Waals surface area contributed by atoms with Crippen molar-refractivity contribution in [1.82, 2.24) is 4.90 Å². The number of nitrogens with zero attached hydrogens (tertiary/aromatic N) is 1. The van der Waals surface area contributed by atoms with E-state index in [0.717, 1.165) is 4.90 Å². The van der Waals surface area contributed by atoms with Crippen LogP contribution in [0.2, 0.25) is 18.1 Å². The molecule has 0 aromatic heterocycles. The molecule has 27 heavy (non-hydrogen) atoms. The van der Waals surface area contributed by atoms with Crippen molar-refractivity contribution in [3.8, 4) is 0 Å². The maximum Gasteiger partial charge on any atom is 0.329 e. The van der Waals surface area contributed by atoms with Crippen LogP contribution in [-0.4, -0.2) is 54.7 Å². The number of carbonyl (C=O) groups is 3. The quantitative estimate of drug-likeness (QED) is 0.539. The van der Waals surface area contributed by atoms with Crippen molar-refractivity contribution in [3.63, 3.8) is 0 Å². The third-order valence-corrected chi connectivity index (χ3v) is 9.71. The largest absolute Gasteiger partial charge is 0.480 e. The molecule has 1 N–H and O–H groups in total. The number of benzene rings is 1. The standard InChI is InChI=1S/C20H31NO5Si/c1-14(26-27(6,7)20(3,4)5)18(19(24)25)21(15(2)22)13-17(23)16-11-9-8-10-12-16/h8-12,14,18H,13H2,1-7H3,(H,24,25). The Hall–Kier alpha value is -1.99. The molecule has 2 unspecified atom stereocenters. The Morgan fingerprint density at radius 1 is 1.15 bits per heavy atom. The molecule has 0 aliphatic rings. The summed E-state index contributed by atoms with van der Waals surface area (Å²) in [5, 5.41) is 9.67. The predicted octanol–water partition coefficient (Wildman–Crippen LogP) is 3.58. The second kappa shape index (κ2) is 8.80. The van der Waals surface area contributed by atoms with Crippen molar-refractivity contribution < 1.29 is 23.9 Å². The smallest absolute Gasteiger partial charge is 0.329 e. The first-order valence-electron chi connectivity index (χ1n) is 9.04. The highest BCUT2D eigenvalue weighted by Gasteiger charge is 2.43. The lowest BCUT2D eigenvalue weighted by Gasteiger charge is -2.41. The molecule has 0 bridgehead atoms. The number of hydrogen-bond acceptors (Lipinski definition) is 4. The molecule has 0 aliphatic heterocycles. The van der Waals surface area contributed by atoms with Gasteiger partial charge in [-0.05, 0) is 25.1 Å². The van der Waals surface area contributed by atoms with Gasteiger partial charge in [0.25, 0.3) is 0 Å². The molecule has 0 saturated carbocycles. The van der Waals surface area contributed by atoms with Crippen molar-refractivity contribution in [3.05, 3.63) is 35.9 Å². The van der Waals surface area contributed by atoms with Crippen LogP contribution in [0.4, 0.5) is 0 Å². The van der Waals surface area contributed by atoms with Gasteiger partial charge in [-0.2, -0.15) is 0 Å². The highest BCUT2D eigenvalue weighted by atomic mass is 28.4. The minimum absolute atomic E-state index is 0.106. The molecule has 1 amide bonds. The van der Waals surface area contributed by atoms with Crippen molar-refractivity contribution in [2.24, 2.45) is 0 Å². The zero-order valence-corrected chi connectivity index (χ0v) is 18.3. The Labute approximate surface area is 162 Å². The summed E-state index contributed by atoms with van der Waals surface area (Å²) < 4.78 is 6.20. The molecule has 2 atom stereocenters. The number of ketones is 1. The molecule has 0 heterocycles. The molecule has 7 heteroatoms. The maximum absolute atomic E-state index is 12.5. The van der Waals surface area contributed by atoms with E-state index in [2.05, 4.69) is 20.8 Å². The average molecular weight is 394 g/mol. The van der Waals surface area contributed by atoms with Gasteiger partial charge >= 0.3 is 5.97 Å². The maximum atomic E-state index is 12.5. The van der Waals surface area contributed by atoms with Crippen molar-refractivity contribution in [2.75, 3.05) is 6.54 Å². The van der Waals surface area contributed by atoms with E-state index in [0.29, 0.717) is 5.56 Å². The van der Waals surface area contributed by atoms with Gasteiger partial charge in [0.1, 0.15) is 0 Å². The molecule has 0 spiro atoms. The van der Waals surface area contributed by atoms with Gasteiger partial charge < -0.3 is 14.4 Å². The lowest BCUT2D eigenvalue weighted by molar-refractivity contribution is -0.153. The molecule has 0 aliphatic carbocycles. The molecule has 1 aromatic carbocycles. The van der Waals surface area contributed by atoms with Gasteiger partial charge in [0.2, 0.25) is 5.91 Å². The van der Waals surface area contributed by atoms with Gasteiger partial charge in [-0.1, -0.05) is 51.1 Å². The van der Waals surface area contributed by atoms with E-state index in [-0.39, 0.29) is 17.4 Å². The Balaban J connectivity index is 3.11. The number of rotatable bonds is 8. The molecular formula is C20H31NO5Si. The zero-order chi connectivity index (χ0) is 21.0. The van der Waals surface area contributed by atoms with Crippen LogP contribution in [-0.2, 0) is 14.0 Å². The normalized spacial score (nSPS) is 14.3. The van der Waals surface area contributed by atoms with Gasteiger partial charge in [-0.25, -0.2) is 4.79 Å². The molecule has 1 rings (SSSR count). The minimum Gasteiger partial charge on any atom is -0.480 e. The molecular weight excluding hydrogens is 362 g/mol. The van der Waals surface area contributed by atoms with Crippen molar-refractivity contribution in [1.29, 1.82) is 0 Å². The number of carboxylic acids is 1. The van der Waals surface area contributed by atoms with Gasteiger partial charge in [-0.15, -0.1) is 0 Å². The number of aliphatic carboxylic acids is 1. The Morgan fingerprint density at radius 2 is 1.67 bits per heavy atom. The van der Waals surface area contributed by atoms with Crippen LogP contribution < -0.4 is 0 Å². The van der Waals surface area contributed by atoms with Gasteiger partial charge in [0.15, 0.2) is 20.1 Å². The van der Waals surface area contributed by atoms with Gasteiger partial charge in [-0.3, -0.25) is 9.59 Å². The number of carboxylic acid groups (broad SMARTS) is 1. The highest BCUT2D eigenvalue weighted by molar-refractivity contribution is 6.74. The fourth-order valence-electron chi connectivity index (χ4n) is 2.57. The lowest BCUT2D eigenvalue weighted by atomic mass is 10.1. The SMILES string of the molecule is CC(=O)N(CC(=O)c1ccccc1)C(C(=O)O)C(C)O[Si](C)(C)C(C)(C)C. The van der Waals surface area contributed by atoms with E-state index in [9.17, 15) is 19.5 Å². The summed E-state index contributed by atoms with van der Waals surface area (Å²) in [5.74, 6) is -1.97. The van der Waals surface area contributed by atoms with Crippen LogP contribution in [0.15, 0.2) is 30.3 Å². The Kier molecular flexibility index (Phi) is 7.51. The van der Waals surface area contributed by atoms with Crippen LogP contribution in [0.3, 0.4) is 0 Å². The summed E-state index contributed by atoms with van der Waals surface area (Å²) in [4.78, 5) is 37.8. The fraction of sp³-hybridized carbons (Fsp3) is 0.550. The number of Topliss-reactive ketones (excluding diaryl/α,β-unsaturated/α-hetero) is 1. The third kappa shape index (κ3) is 6.00. The Morgan fingerprint density at radius 3 is 2.07 bits per heavy atom. The average Bonchev–Trinajstić information content (AvgIpc) is 2.52. The van der Waals surface area contributed by atoms with Crippen LogP contribution in [0, 0.1) is 0 Å². The van der Waals surface area contributed by atoms with Crippen molar-refractivity contribution in [2.45, 2.75) is 64.9 Å². The molecule has 6 nitrogen and oxygen atoms in total.